The molecule has 1 heterocycles. The van der Waals surface area contributed by atoms with Crippen molar-refractivity contribution >= 4 is 17.0 Å². The summed E-state index contributed by atoms with van der Waals surface area (Å²) in [6.45, 7) is 0.768. The molecule has 2 rings (SSSR count). The van der Waals surface area contributed by atoms with E-state index in [0.717, 1.165) is 12.2 Å². The van der Waals surface area contributed by atoms with E-state index in [9.17, 15) is 0 Å². The van der Waals surface area contributed by atoms with Gasteiger partial charge in [0.1, 0.15) is 0 Å². The maximum Gasteiger partial charge on any atom is 0.0565 e. The SMILES string of the molecule is NC(CNc1ccccc1)c1cccs1. The Morgan fingerprint density at radius 3 is 2.60 bits per heavy atom. The third-order valence-corrected chi connectivity index (χ3v) is 3.21. The monoisotopic (exact) mass is 218 g/mol. The molecule has 0 aliphatic carbocycles. The van der Waals surface area contributed by atoms with Crippen LogP contribution in [0, 0.1) is 0 Å². The van der Waals surface area contributed by atoms with E-state index in [0.29, 0.717) is 0 Å². The van der Waals surface area contributed by atoms with E-state index < -0.39 is 0 Å². The lowest BCUT2D eigenvalue weighted by Crippen LogP contribution is -2.19. The largest absolute Gasteiger partial charge is 0.383 e. The number of hydrogen-bond acceptors (Lipinski definition) is 3. The number of para-hydroxylation sites is 1. The molecule has 1 aromatic heterocycles. The van der Waals surface area contributed by atoms with Gasteiger partial charge in [0.05, 0.1) is 6.04 Å². The van der Waals surface area contributed by atoms with Gasteiger partial charge < -0.3 is 11.1 Å². The zero-order valence-electron chi connectivity index (χ0n) is 8.39. The van der Waals surface area contributed by atoms with Crippen LogP contribution in [-0.2, 0) is 0 Å². The van der Waals surface area contributed by atoms with Crippen LogP contribution in [0.2, 0.25) is 0 Å². The standard InChI is InChI=1S/C12H14N2S/c13-11(12-7-4-8-15-12)9-14-10-5-2-1-3-6-10/h1-8,11,14H,9,13H2. The highest BCUT2D eigenvalue weighted by Gasteiger charge is 2.05. The Bertz CT molecular complexity index is 383. The maximum atomic E-state index is 6.04. The van der Waals surface area contributed by atoms with Gasteiger partial charge in [0.15, 0.2) is 0 Å². The molecule has 2 aromatic rings. The van der Waals surface area contributed by atoms with Crippen molar-refractivity contribution in [2.75, 3.05) is 11.9 Å². The summed E-state index contributed by atoms with van der Waals surface area (Å²) in [4.78, 5) is 1.22. The Hall–Kier alpha value is -1.32. The average Bonchev–Trinajstić information content (AvgIpc) is 2.81. The lowest BCUT2D eigenvalue weighted by atomic mass is 10.2. The molecule has 1 unspecified atom stereocenters. The summed E-state index contributed by atoms with van der Waals surface area (Å²) in [6, 6.07) is 14.3. The highest BCUT2D eigenvalue weighted by Crippen LogP contribution is 2.17. The van der Waals surface area contributed by atoms with Gasteiger partial charge in [-0.15, -0.1) is 11.3 Å². The molecule has 0 amide bonds. The number of nitrogens with one attached hydrogen (secondary N) is 1. The lowest BCUT2D eigenvalue weighted by Gasteiger charge is -2.11. The molecule has 0 saturated carbocycles. The fraction of sp³-hybridized carbons (Fsp3) is 0.167. The van der Waals surface area contributed by atoms with Crippen molar-refractivity contribution in [2.24, 2.45) is 5.73 Å². The number of thiophene rings is 1. The van der Waals surface area contributed by atoms with E-state index in [1.807, 2.05) is 36.4 Å². The number of benzene rings is 1. The predicted octanol–water partition coefficient (Wildman–Crippen LogP) is 2.86. The van der Waals surface area contributed by atoms with Crippen LogP contribution >= 0.6 is 11.3 Å². The van der Waals surface area contributed by atoms with Crippen LogP contribution in [0.3, 0.4) is 0 Å². The number of nitrogens with two attached hydrogens (primary N) is 1. The van der Waals surface area contributed by atoms with Crippen molar-refractivity contribution in [3.8, 4) is 0 Å². The van der Waals surface area contributed by atoms with Gasteiger partial charge in [-0.25, -0.2) is 0 Å². The van der Waals surface area contributed by atoms with Crippen molar-refractivity contribution in [1.82, 2.24) is 0 Å². The van der Waals surface area contributed by atoms with E-state index in [4.69, 9.17) is 5.73 Å². The third-order valence-electron chi connectivity index (χ3n) is 2.21. The summed E-state index contributed by atoms with van der Waals surface area (Å²) in [5.41, 5.74) is 7.15. The molecular weight excluding hydrogens is 204 g/mol. The van der Waals surface area contributed by atoms with Crippen LogP contribution in [-0.4, -0.2) is 6.54 Å². The molecular formula is C12H14N2S. The smallest absolute Gasteiger partial charge is 0.0565 e. The lowest BCUT2D eigenvalue weighted by molar-refractivity contribution is 0.781. The van der Waals surface area contributed by atoms with Gasteiger partial charge in [-0.05, 0) is 23.6 Å². The van der Waals surface area contributed by atoms with Gasteiger partial charge in [0.2, 0.25) is 0 Å². The maximum absolute atomic E-state index is 6.04. The summed E-state index contributed by atoms with van der Waals surface area (Å²) in [5, 5.41) is 5.37. The van der Waals surface area contributed by atoms with E-state index in [2.05, 4.69) is 16.8 Å². The molecule has 3 N–H and O–H groups in total. The molecule has 0 aliphatic heterocycles. The molecule has 0 spiro atoms. The topological polar surface area (TPSA) is 38.0 Å². The molecule has 78 valence electrons. The van der Waals surface area contributed by atoms with Gasteiger partial charge >= 0.3 is 0 Å². The highest BCUT2D eigenvalue weighted by atomic mass is 32.1. The van der Waals surface area contributed by atoms with Crippen LogP contribution in [0.5, 0.6) is 0 Å². The molecule has 0 saturated heterocycles. The molecule has 0 bridgehead atoms. The average molecular weight is 218 g/mol. The molecule has 0 aliphatic rings. The normalized spacial score (nSPS) is 12.3. The Kier molecular flexibility index (Phi) is 3.37. The second-order valence-corrected chi connectivity index (χ2v) is 4.35. The zero-order chi connectivity index (χ0) is 10.5. The second-order valence-electron chi connectivity index (χ2n) is 3.37. The van der Waals surface area contributed by atoms with Crippen molar-refractivity contribution in [3.63, 3.8) is 0 Å². The second kappa shape index (κ2) is 4.96. The van der Waals surface area contributed by atoms with Crippen LogP contribution in [0.4, 0.5) is 5.69 Å². The van der Waals surface area contributed by atoms with E-state index in [-0.39, 0.29) is 6.04 Å². The minimum Gasteiger partial charge on any atom is -0.383 e. The molecule has 0 fully saturated rings. The highest BCUT2D eigenvalue weighted by molar-refractivity contribution is 7.10. The Balaban J connectivity index is 1.89. The number of rotatable bonds is 4. The predicted molar refractivity (Wildman–Crippen MR) is 66.2 cm³/mol. The van der Waals surface area contributed by atoms with E-state index >= 15 is 0 Å². The molecule has 2 nitrogen and oxygen atoms in total. The third kappa shape index (κ3) is 2.81. The Morgan fingerprint density at radius 1 is 1.13 bits per heavy atom. The van der Waals surface area contributed by atoms with Gasteiger partial charge in [-0.1, -0.05) is 24.3 Å². The van der Waals surface area contributed by atoms with E-state index in [1.165, 1.54) is 4.88 Å². The van der Waals surface area contributed by atoms with E-state index in [1.54, 1.807) is 11.3 Å². The molecule has 3 heteroatoms. The quantitative estimate of drug-likeness (QED) is 0.828. The Labute approximate surface area is 93.7 Å². The van der Waals surface area contributed by atoms with Crippen molar-refractivity contribution in [2.45, 2.75) is 6.04 Å². The summed E-state index contributed by atoms with van der Waals surface area (Å²) in [5.74, 6) is 0. The number of anilines is 1. The first-order valence-electron chi connectivity index (χ1n) is 4.94. The van der Waals surface area contributed by atoms with Crippen molar-refractivity contribution in [1.29, 1.82) is 0 Å². The summed E-state index contributed by atoms with van der Waals surface area (Å²) < 4.78 is 0. The summed E-state index contributed by atoms with van der Waals surface area (Å²) in [7, 11) is 0. The summed E-state index contributed by atoms with van der Waals surface area (Å²) in [6.07, 6.45) is 0. The molecule has 0 radical (unpaired) electrons. The van der Waals surface area contributed by atoms with Crippen LogP contribution < -0.4 is 11.1 Å². The minimum atomic E-state index is 0.0743. The van der Waals surface area contributed by atoms with Gasteiger partial charge in [-0.3, -0.25) is 0 Å². The van der Waals surface area contributed by atoms with Crippen molar-refractivity contribution < 1.29 is 0 Å². The first kappa shape index (κ1) is 10.2. The van der Waals surface area contributed by atoms with Crippen molar-refractivity contribution in [3.05, 3.63) is 52.7 Å². The molecule has 15 heavy (non-hydrogen) atoms. The van der Waals surface area contributed by atoms with Gasteiger partial charge in [0, 0.05) is 17.1 Å². The minimum absolute atomic E-state index is 0.0743. The number of hydrogen-bond donors (Lipinski definition) is 2. The molecule has 1 atom stereocenters. The summed E-state index contributed by atoms with van der Waals surface area (Å²) >= 11 is 1.70. The zero-order valence-corrected chi connectivity index (χ0v) is 9.21. The van der Waals surface area contributed by atoms with Gasteiger partial charge in [0.25, 0.3) is 0 Å². The van der Waals surface area contributed by atoms with Gasteiger partial charge in [-0.2, -0.15) is 0 Å². The fourth-order valence-electron chi connectivity index (χ4n) is 1.39. The molecule has 1 aromatic carbocycles. The first-order chi connectivity index (χ1) is 7.36. The van der Waals surface area contributed by atoms with Crippen LogP contribution in [0.25, 0.3) is 0 Å². The first-order valence-corrected chi connectivity index (χ1v) is 5.82. The fourth-order valence-corrected chi connectivity index (χ4v) is 2.12. The van der Waals surface area contributed by atoms with Crippen LogP contribution in [0.1, 0.15) is 10.9 Å². The van der Waals surface area contributed by atoms with Crippen LogP contribution in [0.15, 0.2) is 47.8 Å². The Morgan fingerprint density at radius 2 is 1.93 bits per heavy atom.